The summed E-state index contributed by atoms with van der Waals surface area (Å²) in [5.74, 6) is 5.53. The molecule has 0 aliphatic rings. The first-order chi connectivity index (χ1) is 3.62. The highest BCUT2D eigenvalue weighted by molar-refractivity contribution is 5.09. The van der Waals surface area contributed by atoms with Gasteiger partial charge in [0.25, 0.3) is 0 Å². The van der Waals surface area contributed by atoms with Crippen LogP contribution in [0.3, 0.4) is 0 Å². The minimum absolute atomic E-state index is 0.339. The van der Waals surface area contributed by atoms with Gasteiger partial charge in [-0.1, -0.05) is 5.92 Å². The van der Waals surface area contributed by atoms with Crippen molar-refractivity contribution in [3.05, 3.63) is 6.61 Å². The fourth-order valence-electron chi connectivity index (χ4n) is 0.354. The molecule has 0 aliphatic carbocycles. The van der Waals surface area contributed by atoms with E-state index in [9.17, 15) is 0 Å². The Morgan fingerprint density at radius 2 is 2.00 bits per heavy atom. The van der Waals surface area contributed by atoms with Crippen LogP contribution in [-0.2, 0) is 0 Å². The quantitative estimate of drug-likeness (QED) is 0.509. The molecule has 45 valence electrons. The van der Waals surface area contributed by atoms with E-state index in [2.05, 4.69) is 11.8 Å². The zero-order valence-electron chi connectivity index (χ0n) is 5.52. The second-order valence-corrected chi connectivity index (χ2v) is 2.23. The van der Waals surface area contributed by atoms with Gasteiger partial charge in [-0.2, -0.15) is 0 Å². The molecule has 0 rings (SSSR count). The highest BCUT2D eigenvalue weighted by Gasteiger charge is 2.11. The van der Waals surface area contributed by atoms with Gasteiger partial charge >= 0.3 is 0 Å². The molecular weight excluding hydrogens is 100 g/mol. The van der Waals surface area contributed by atoms with E-state index < -0.39 is 0 Å². The van der Waals surface area contributed by atoms with Crippen LogP contribution in [0.15, 0.2) is 0 Å². The van der Waals surface area contributed by atoms with Crippen LogP contribution >= 0.6 is 0 Å². The third-order valence-corrected chi connectivity index (χ3v) is 0.770. The molecule has 0 saturated heterocycles. The van der Waals surface area contributed by atoms with Crippen LogP contribution < -0.4 is 0 Å². The molecule has 0 aromatic rings. The van der Waals surface area contributed by atoms with Gasteiger partial charge in [0, 0.05) is 0 Å². The monoisotopic (exact) mass is 111 g/mol. The van der Waals surface area contributed by atoms with Gasteiger partial charge in [-0.25, -0.2) is 0 Å². The molecule has 0 aliphatic heterocycles. The van der Waals surface area contributed by atoms with Crippen molar-refractivity contribution >= 4 is 0 Å². The zero-order chi connectivity index (χ0) is 6.62. The Morgan fingerprint density at radius 3 is 2.12 bits per heavy atom. The van der Waals surface area contributed by atoms with Crippen molar-refractivity contribution in [3.8, 4) is 11.8 Å². The van der Waals surface area contributed by atoms with Crippen molar-refractivity contribution in [2.45, 2.75) is 20.8 Å². The van der Waals surface area contributed by atoms with Crippen molar-refractivity contribution in [1.29, 1.82) is 0 Å². The van der Waals surface area contributed by atoms with E-state index in [1.54, 1.807) is 6.92 Å². The normalized spacial score (nSPS) is 10.0. The Morgan fingerprint density at radius 1 is 1.50 bits per heavy atom. The van der Waals surface area contributed by atoms with E-state index in [4.69, 9.17) is 5.11 Å². The molecule has 0 amide bonds. The summed E-state index contributed by atoms with van der Waals surface area (Å²) < 4.78 is 0. The number of hydrogen-bond acceptors (Lipinski definition) is 1. The number of aliphatic hydroxyl groups excluding tert-OH is 1. The summed E-state index contributed by atoms with van der Waals surface area (Å²) >= 11 is 0. The van der Waals surface area contributed by atoms with Crippen molar-refractivity contribution < 1.29 is 5.11 Å². The van der Waals surface area contributed by atoms with Gasteiger partial charge in [-0.15, -0.1) is 5.92 Å². The third kappa shape index (κ3) is 2.65. The summed E-state index contributed by atoms with van der Waals surface area (Å²) in [6.45, 7) is 6.56. The van der Waals surface area contributed by atoms with E-state index in [0.717, 1.165) is 6.61 Å². The molecule has 0 aromatic heterocycles. The van der Waals surface area contributed by atoms with E-state index in [0.29, 0.717) is 0 Å². The van der Waals surface area contributed by atoms with E-state index in [-0.39, 0.29) is 5.41 Å². The van der Waals surface area contributed by atoms with Crippen molar-refractivity contribution in [2.24, 2.45) is 5.41 Å². The minimum Gasteiger partial charge on any atom is -0.389 e. The maximum absolute atomic E-state index is 8.50. The maximum atomic E-state index is 8.50. The van der Waals surface area contributed by atoms with Crippen LogP contribution in [0, 0.1) is 23.9 Å². The summed E-state index contributed by atoms with van der Waals surface area (Å²) in [6.07, 6.45) is 0. The molecule has 1 N–H and O–H groups in total. The second kappa shape index (κ2) is 2.74. The Bertz CT molecular complexity index is 114. The van der Waals surface area contributed by atoms with Gasteiger partial charge < -0.3 is 5.11 Å². The van der Waals surface area contributed by atoms with Crippen LogP contribution in [0.25, 0.3) is 0 Å². The summed E-state index contributed by atoms with van der Waals surface area (Å²) in [6, 6.07) is 0. The van der Waals surface area contributed by atoms with Crippen LogP contribution in [-0.4, -0.2) is 5.11 Å². The first-order valence-corrected chi connectivity index (χ1v) is 2.55. The predicted molar refractivity (Wildman–Crippen MR) is 33.5 cm³/mol. The lowest BCUT2D eigenvalue weighted by atomic mass is 9.96. The molecule has 1 radical (unpaired) electrons. The van der Waals surface area contributed by atoms with Crippen LogP contribution in [0.2, 0.25) is 0 Å². The first kappa shape index (κ1) is 7.52. The number of rotatable bonds is 1. The molecule has 0 fully saturated rings. The van der Waals surface area contributed by atoms with Gasteiger partial charge in [0.15, 0.2) is 0 Å². The third-order valence-electron chi connectivity index (χ3n) is 0.770. The Hall–Kier alpha value is -0.480. The summed E-state index contributed by atoms with van der Waals surface area (Å²) in [7, 11) is 0. The standard InChI is InChI=1S/C7H11O/c1-4-5-7(2,3)6-8/h6,8H,1-3H3. The van der Waals surface area contributed by atoms with E-state index in [1.807, 2.05) is 13.8 Å². The van der Waals surface area contributed by atoms with Gasteiger partial charge in [-0.3, -0.25) is 0 Å². The Labute approximate surface area is 50.7 Å². The fraction of sp³-hybridized carbons (Fsp3) is 0.571. The lowest BCUT2D eigenvalue weighted by molar-refractivity contribution is 0.295. The fourth-order valence-corrected chi connectivity index (χ4v) is 0.354. The average molecular weight is 111 g/mol. The van der Waals surface area contributed by atoms with Crippen molar-refractivity contribution in [2.75, 3.05) is 0 Å². The summed E-state index contributed by atoms with van der Waals surface area (Å²) in [5.41, 5.74) is -0.339. The van der Waals surface area contributed by atoms with Crippen LogP contribution in [0.5, 0.6) is 0 Å². The van der Waals surface area contributed by atoms with E-state index in [1.165, 1.54) is 0 Å². The molecule has 0 saturated carbocycles. The minimum atomic E-state index is -0.339. The largest absolute Gasteiger partial charge is 0.389 e. The van der Waals surface area contributed by atoms with Crippen LogP contribution in [0.4, 0.5) is 0 Å². The molecule has 8 heavy (non-hydrogen) atoms. The second-order valence-electron chi connectivity index (χ2n) is 2.23. The molecular formula is C7H11O. The lowest BCUT2D eigenvalue weighted by Crippen LogP contribution is -2.07. The highest BCUT2D eigenvalue weighted by Crippen LogP contribution is 2.14. The molecule has 0 bridgehead atoms. The summed E-state index contributed by atoms with van der Waals surface area (Å²) in [4.78, 5) is 0. The SMILES string of the molecule is CC#CC(C)(C)[CH]O. The zero-order valence-corrected chi connectivity index (χ0v) is 5.52. The highest BCUT2D eigenvalue weighted by atomic mass is 16.3. The van der Waals surface area contributed by atoms with Gasteiger partial charge in [0.2, 0.25) is 0 Å². The topological polar surface area (TPSA) is 20.2 Å². The summed E-state index contributed by atoms with van der Waals surface area (Å²) in [5, 5.41) is 8.50. The molecule has 0 unspecified atom stereocenters. The Balaban J connectivity index is 3.85. The molecule has 0 heterocycles. The molecule has 0 spiro atoms. The smallest absolute Gasteiger partial charge is 0.0973 e. The van der Waals surface area contributed by atoms with Gasteiger partial charge in [0.05, 0.1) is 12.0 Å². The lowest BCUT2D eigenvalue weighted by Gasteiger charge is -2.10. The maximum Gasteiger partial charge on any atom is 0.0973 e. The molecule has 1 nitrogen and oxygen atoms in total. The Kier molecular flexibility index (Phi) is 2.57. The molecule has 0 aromatic carbocycles. The predicted octanol–water partition coefficient (Wildman–Crippen LogP) is 1.57. The van der Waals surface area contributed by atoms with Crippen LogP contribution in [0.1, 0.15) is 20.8 Å². The molecule has 1 heteroatoms. The molecule has 0 atom stereocenters. The van der Waals surface area contributed by atoms with Gasteiger partial charge in [0.1, 0.15) is 0 Å². The number of hydrogen-bond donors (Lipinski definition) is 1. The van der Waals surface area contributed by atoms with Crippen molar-refractivity contribution in [1.82, 2.24) is 0 Å². The number of aliphatic hydroxyl groups is 1. The van der Waals surface area contributed by atoms with Gasteiger partial charge in [-0.05, 0) is 20.8 Å². The van der Waals surface area contributed by atoms with E-state index >= 15 is 0 Å². The average Bonchev–Trinajstić information content (AvgIpc) is 1.67. The first-order valence-electron chi connectivity index (χ1n) is 2.55. The van der Waals surface area contributed by atoms with Crippen molar-refractivity contribution in [3.63, 3.8) is 0 Å².